The molecule has 2 rings (SSSR count). The Kier molecular flexibility index (Phi) is 4.23. The number of hydrogen-bond donors (Lipinski definition) is 2. The summed E-state index contributed by atoms with van der Waals surface area (Å²) in [5.74, 6) is 0. The standard InChI is InChI=1S/C16H25N3O2/c1-10-8-11(2)17-12(3)14(10)18-15(20)19(13-6-7-13)9-16(4,5)21/h8,13,21H,6-7,9H2,1-5H3,(H,18,20). The Bertz CT molecular complexity index is 522. The smallest absolute Gasteiger partial charge is 0.322 e. The van der Waals surface area contributed by atoms with Gasteiger partial charge >= 0.3 is 6.03 Å². The van der Waals surface area contributed by atoms with E-state index in [4.69, 9.17) is 0 Å². The van der Waals surface area contributed by atoms with E-state index in [1.165, 1.54) is 0 Å². The molecule has 0 radical (unpaired) electrons. The number of nitrogens with zero attached hydrogens (tertiary/aromatic N) is 2. The van der Waals surface area contributed by atoms with Crippen LogP contribution in [0.1, 0.15) is 43.6 Å². The lowest BCUT2D eigenvalue weighted by atomic mass is 10.1. The minimum absolute atomic E-state index is 0.156. The number of rotatable bonds is 4. The number of nitrogens with one attached hydrogen (secondary N) is 1. The van der Waals surface area contributed by atoms with Gasteiger partial charge in [0.2, 0.25) is 0 Å². The molecule has 21 heavy (non-hydrogen) atoms. The maximum Gasteiger partial charge on any atom is 0.322 e. The molecule has 1 aromatic rings. The third kappa shape index (κ3) is 4.17. The lowest BCUT2D eigenvalue weighted by Crippen LogP contribution is -2.45. The van der Waals surface area contributed by atoms with Gasteiger partial charge in [0.05, 0.1) is 23.5 Å². The minimum Gasteiger partial charge on any atom is -0.389 e. The van der Waals surface area contributed by atoms with E-state index in [-0.39, 0.29) is 12.1 Å². The van der Waals surface area contributed by atoms with E-state index in [1.54, 1.807) is 18.7 Å². The zero-order valence-corrected chi connectivity index (χ0v) is 13.5. The number of aryl methyl sites for hydroxylation is 3. The van der Waals surface area contributed by atoms with Gasteiger partial charge < -0.3 is 15.3 Å². The zero-order chi connectivity index (χ0) is 15.8. The Morgan fingerprint density at radius 3 is 2.52 bits per heavy atom. The lowest BCUT2D eigenvalue weighted by molar-refractivity contribution is 0.0467. The first-order chi connectivity index (χ1) is 9.67. The van der Waals surface area contributed by atoms with Gasteiger partial charge in [-0.3, -0.25) is 4.98 Å². The van der Waals surface area contributed by atoms with Crippen LogP contribution in [0.2, 0.25) is 0 Å². The largest absolute Gasteiger partial charge is 0.389 e. The van der Waals surface area contributed by atoms with E-state index in [9.17, 15) is 9.90 Å². The summed E-state index contributed by atoms with van der Waals surface area (Å²) in [6.07, 6.45) is 2.02. The Balaban J connectivity index is 2.16. The van der Waals surface area contributed by atoms with Gasteiger partial charge in [-0.1, -0.05) is 0 Å². The second kappa shape index (κ2) is 5.64. The topological polar surface area (TPSA) is 65.5 Å². The third-order valence-electron chi connectivity index (χ3n) is 3.56. The molecule has 5 nitrogen and oxygen atoms in total. The molecule has 1 aromatic heterocycles. The SMILES string of the molecule is Cc1cc(C)c(NC(=O)N(CC(C)(C)O)C2CC2)c(C)n1. The molecule has 1 heterocycles. The fourth-order valence-corrected chi connectivity index (χ4v) is 2.56. The predicted octanol–water partition coefficient (Wildman–Crippen LogP) is 2.77. The van der Waals surface area contributed by atoms with Crippen molar-refractivity contribution in [3.63, 3.8) is 0 Å². The lowest BCUT2D eigenvalue weighted by Gasteiger charge is -2.29. The molecule has 1 fully saturated rings. The van der Waals surface area contributed by atoms with Crippen molar-refractivity contribution in [1.82, 2.24) is 9.88 Å². The van der Waals surface area contributed by atoms with Crippen LogP contribution >= 0.6 is 0 Å². The van der Waals surface area contributed by atoms with Gasteiger partial charge in [0.25, 0.3) is 0 Å². The quantitative estimate of drug-likeness (QED) is 0.896. The van der Waals surface area contributed by atoms with Crippen molar-refractivity contribution in [2.45, 2.75) is 59.1 Å². The third-order valence-corrected chi connectivity index (χ3v) is 3.56. The van der Waals surface area contributed by atoms with Crippen LogP contribution in [-0.2, 0) is 0 Å². The second-order valence-corrected chi connectivity index (χ2v) is 6.64. The predicted molar refractivity (Wildman–Crippen MR) is 83.5 cm³/mol. The molecule has 1 saturated carbocycles. The van der Waals surface area contributed by atoms with Crippen LogP contribution in [0.5, 0.6) is 0 Å². The van der Waals surface area contributed by atoms with E-state index < -0.39 is 5.60 Å². The van der Waals surface area contributed by atoms with Crippen molar-refractivity contribution in [1.29, 1.82) is 0 Å². The highest BCUT2D eigenvalue weighted by molar-refractivity contribution is 5.91. The Morgan fingerprint density at radius 2 is 2.05 bits per heavy atom. The van der Waals surface area contributed by atoms with Crippen molar-refractivity contribution in [3.8, 4) is 0 Å². The molecule has 0 aromatic carbocycles. The summed E-state index contributed by atoms with van der Waals surface area (Å²) in [5, 5.41) is 13.0. The Morgan fingerprint density at radius 1 is 1.43 bits per heavy atom. The van der Waals surface area contributed by atoms with Crippen molar-refractivity contribution < 1.29 is 9.90 Å². The number of pyridine rings is 1. The van der Waals surface area contributed by atoms with Gasteiger partial charge in [-0.05, 0) is 59.1 Å². The number of hydrogen-bond acceptors (Lipinski definition) is 3. The van der Waals surface area contributed by atoms with Gasteiger partial charge in [0, 0.05) is 11.7 Å². The average Bonchev–Trinajstić information content (AvgIpc) is 3.13. The van der Waals surface area contributed by atoms with Gasteiger partial charge in [-0.2, -0.15) is 0 Å². The van der Waals surface area contributed by atoms with Gasteiger partial charge in [0.15, 0.2) is 0 Å². The molecule has 0 spiro atoms. The molecule has 1 aliphatic rings. The van der Waals surface area contributed by atoms with Crippen LogP contribution in [0.4, 0.5) is 10.5 Å². The molecule has 0 atom stereocenters. The molecule has 2 amide bonds. The molecule has 0 unspecified atom stereocenters. The van der Waals surface area contributed by atoms with Crippen LogP contribution in [0.25, 0.3) is 0 Å². The molecule has 5 heteroatoms. The zero-order valence-electron chi connectivity index (χ0n) is 13.5. The molecular weight excluding hydrogens is 266 g/mol. The number of aromatic nitrogens is 1. The highest BCUT2D eigenvalue weighted by Crippen LogP contribution is 2.29. The van der Waals surface area contributed by atoms with Crippen LogP contribution in [-0.4, -0.2) is 39.2 Å². The highest BCUT2D eigenvalue weighted by Gasteiger charge is 2.35. The van der Waals surface area contributed by atoms with Crippen LogP contribution in [0.15, 0.2) is 6.07 Å². The summed E-state index contributed by atoms with van der Waals surface area (Å²) in [4.78, 5) is 18.7. The maximum atomic E-state index is 12.5. The van der Waals surface area contributed by atoms with Crippen LogP contribution < -0.4 is 5.32 Å². The van der Waals surface area contributed by atoms with Crippen molar-refractivity contribution in [2.24, 2.45) is 0 Å². The van der Waals surface area contributed by atoms with Crippen molar-refractivity contribution in [2.75, 3.05) is 11.9 Å². The number of urea groups is 1. The maximum absolute atomic E-state index is 12.5. The van der Waals surface area contributed by atoms with Crippen molar-refractivity contribution in [3.05, 3.63) is 23.0 Å². The molecule has 0 aliphatic heterocycles. The first-order valence-corrected chi connectivity index (χ1v) is 7.42. The Hall–Kier alpha value is -1.62. The normalized spacial score (nSPS) is 15.0. The molecule has 2 N–H and O–H groups in total. The number of carbonyl (C=O) groups is 1. The number of carbonyl (C=O) groups excluding carboxylic acids is 1. The van der Waals surface area contributed by atoms with Crippen LogP contribution in [0.3, 0.4) is 0 Å². The fourth-order valence-electron chi connectivity index (χ4n) is 2.56. The fraction of sp³-hybridized carbons (Fsp3) is 0.625. The highest BCUT2D eigenvalue weighted by atomic mass is 16.3. The van der Waals surface area contributed by atoms with E-state index >= 15 is 0 Å². The first-order valence-electron chi connectivity index (χ1n) is 7.42. The summed E-state index contributed by atoms with van der Waals surface area (Å²) >= 11 is 0. The Labute approximate surface area is 126 Å². The second-order valence-electron chi connectivity index (χ2n) is 6.64. The molecule has 1 aliphatic carbocycles. The average molecular weight is 291 g/mol. The number of anilines is 1. The summed E-state index contributed by atoms with van der Waals surface area (Å²) < 4.78 is 0. The first kappa shape index (κ1) is 15.8. The number of aliphatic hydroxyl groups is 1. The summed E-state index contributed by atoms with van der Waals surface area (Å²) in [6.45, 7) is 9.58. The van der Waals surface area contributed by atoms with Gasteiger partial charge in [-0.25, -0.2) is 4.79 Å². The van der Waals surface area contributed by atoms with E-state index in [1.807, 2.05) is 26.8 Å². The number of amides is 2. The van der Waals surface area contributed by atoms with Crippen molar-refractivity contribution >= 4 is 11.7 Å². The van der Waals surface area contributed by atoms with E-state index in [0.29, 0.717) is 6.54 Å². The monoisotopic (exact) mass is 291 g/mol. The molecule has 116 valence electrons. The summed E-state index contributed by atoms with van der Waals surface area (Å²) in [5.41, 5.74) is 2.65. The van der Waals surface area contributed by atoms with Gasteiger partial charge in [0.1, 0.15) is 0 Å². The van der Waals surface area contributed by atoms with Crippen LogP contribution in [0, 0.1) is 20.8 Å². The molecule has 0 saturated heterocycles. The summed E-state index contributed by atoms with van der Waals surface area (Å²) in [6, 6.07) is 2.05. The molecular formula is C16H25N3O2. The molecule has 0 bridgehead atoms. The van der Waals surface area contributed by atoms with E-state index in [2.05, 4.69) is 10.3 Å². The van der Waals surface area contributed by atoms with Gasteiger partial charge in [-0.15, -0.1) is 0 Å². The van der Waals surface area contributed by atoms with E-state index in [0.717, 1.165) is 35.5 Å². The minimum atomic E-state index is -0.893. The summed E-state index contributed by atoms with van der Waals surface area (Å²) in [7, 11) is 0.